The molecule has 4 rings (SSSR count). The zero-order valence-electron chi connectivity index (χ0n) is 15.4. The van der Waals surface area contributed by atoms with E-state index in [9.17, 15) is 9.18 Å². The van der Waals surface area contributed by atoms with Gasteiger partial charge in [-0.25, -0.2) is 4.39 Å². The van der Waals surface area contributed by atoms with E-state index in [1.807, 2.05) is 24.3 Å². The quantitative estimate of drug-likeness (QED) is 0.736. The van der Waals surface area contributed by atoms with Gasteiger partial charge in [0, 0.05) is 30.0 Å². The molecule has 0 aliphatic carbocycles. The Kier molecular flexibility index (Phi) is 5.27. The minimum atomic E-state index is -0.332. The number of hydrogen-bond acceptors (Lipinski definition) is 5. The van der Waals surface area contributed by atoms with Gasteiger partial charge < -0.3 is 10.2 Å². The summed E-state index contributed by atoms with van der Waals surface area (Å²) in [6.45, 7) is 2.11. The fraction of sp³-hybridized carbons (Fsp3) is 0.300. The molecular weight excluding hydrogens is 359 g/mol. The molecule has 1 aromatic heterocycles. The molecule has 0 unspecified atom stereocenters. The molecule has 144 valence electrons. The molecule has 1 N–H and O–H groups in total. The van der Waals surface area contributed by atoms with Crippen LogP contribution in [0, 0.1) is 5.82 Å². The third-order valence-corrected chi connectivity index (χ3v) is 4.71. The molecule has 1 fully saturated rings. The molecular formula is C20H21FN6O. The van der Waals surface area contributed by atoms with Crippen molar-refractivity contribution in [1.29, 1.82) is 0 Å². The third kappa shape index (κ3) is 4.33. The fourth-order valence-corrected chi connectivity index (χ4v) is 3.26. The summed E-state index contributed by atoms with van der Waals surface area (Å²) < 4.78 is 13.0. The highest BCUT2D eigenvalue weighted by Gasteiger charge is 2.12. The van der Waals surface area contributed by atoms with Crippen LogP contribution in [-0.2, 0) is 11.3 Å². The van der Waals surface area contributed by atoms with Gasteiger partial charge in [0.05, 0.1) is 0 Å². The summed E-state index contributed by atoms with van der Waals surface area (Å²) in [4.78, 5) is 15.8. The molecule has 0 radical (unpaired) electrons. The first-order valence-electron chi connectivity index (χ1n) is 9.36. The van der Waals surface area contributed by atoms with Crippen molar-refractivity contribution in [3.63, 3.8) is 0 Å². The second-order valence-electron chi connectivity index (χ2n) is 6.79. The van der Waals surface area contributed by atoms with E-state index in [4.69, 9.17) is 0 Å². The average Bonchev–Trinajstić information content (AvgIpc) is 3.18. The zero-order chi connectivity index (χ0) is 19.3. The van der Waals surface area contributed by atoms with Gasteiger partial charge in [0.2, 0.25) is 11.7 Å². The highest BCUT2D eigenvalue weighted by atomic mass is 19.1. The summed E-state index contributed by atoms with van der Waals surface area (Å²) >= 11 is 0. The number of tetrazole rings is 1. The van der Waals surface area contributed by atoms with Crippen LogP contribution >= 0.6 is 0 Å². The number of anilines is 2. The molecule has 0 atom stereocenters. The van der Waals surface area contributed by atoms with E-state index in [1.165, 1.54) is 41.9 Å². The molecule has 1 aliphatic heterocycles. The molecule has 0 bridgehead atoms. The maximum atomic E-state index is 13.0. The van der Waals surface area contributed by atoms with E-state index >= 15 is 0 Å². The van der Waals surface area contributed by atoms with E-state index in [1.54, 1.807) is 12.1 Å². The van der Waals surface area contributed by atoms with E-state index in [2.05, 4.69) is 25.6 Å². The Morgan fingerprint density at radius 1 is 1.00 bits per heavy atom. The molecule has 28 heavy (non-hydrogen) atoms. The first kappa shape index (κ1) is 18.1. The van der Waals surface area contributed by atoms with Crippen molar-refractivity contribution in [2.45, 2.75) is 25.8 Å². The summed E-state index contributed by atoms with van der Waals surface area (Å²) in [7, 11) is 0. The molecule has 0 saturated carbocycles. The summed E-state index contributed by atoms with van der Waals surface area (Å²) in [5.74, 6) is -0.228. The minimum Gasteiger partial charge on any atom is -0.372 e. The molecule has 2 heterocycles. The number of aromatic nitrogens is 4. The smallest absolute Gasteiger partial charge is 0.248 e. The number of nitrogens with zero attached hydrogens (tertiary/aromatic N) is 5. The molecule has 1 amide bonds. The first-order valence-corrected chi connectivity index (χ1v) is 9.36. The lowest BCUT2D eigenvalue weighted by Crippen LogP contribution is -2.29. The lowest BCUT2D eigenvalue weighted by atomic mass is 10.1. The molecule has 1 saturated heterocycles. The van der Waals surface area contributed by atoms with Crippen molar-refractivity contribution in [3.8, 4) is 11.4 Å². The summed E-state index contributed by atoms with van der Waals surface area (Å²) in [6, 6.07) is 13.7. The van der Waals surface area contributed by atoms with E-state index < -0.39 is 0 Å². The van der Waals surface area contributed by atoms with Crippen LogP contribution in [0.25, 0.3) is 11.4 Å². The average molecular weight is 380 g/mol. The van der Waals surface area contributed by atoms with Crippen LogP contribution in [0.2, 0.25) is 0 Å². The van der Waals surface area contributed by atoms with E-state index in [-0.39, 0.29) is 18.3 Å². The van der Waals surface area contributed by atoms with Crippen LogP contribution in [0.4, 0.5) is 15.8 Å². The van der Waals surface area contributed by atoms with Crippen molar-refractivity contribution in [2.24, 2.45) is 0 Å². The molecule has 0 spiro atoms. The molecule has 8 heteroatoms. The van der Waals surface area contributed by atoms with Crippen LogP contribution in [-0.4, -0.2) is 39.2 Å². The summed E-state index contributed by atoms with van der Waals surface area (Å²) in [5, 5.41) is 14.8. The SMILES string of the molecule is O=C(Cn1nnc(-c2ccc(F)cc2)n1)Nc1ccc(N2CCCCC2)cc1. The number of rotatable bonds is 5. The third-order valence-electron chi connectivity index (χ3n) is 4.71. The van der Waals surface area contributed by atoms with Gasteiger partial charge in [0.25, 0.3) is 0 Å². The monoisotopic (exact) mass is 380 g/mol. The van der Waals surface area contributed by atoms with Gasteiger partial charge in [-0.1, -0.05) is 0 Å². The van der Waals surface area contributed by atoms with Crippen molar-refractivity contribution in [1.82, 2.24) is 20.2 Å². The van der Waals surface area contributed by atoms with Crippen LogP contribution < -0.4 is 10.2 Å². The number of halogens is 1. The van der Waals surface area contributed by atoms with Gasteiger partial charge in [-0.3, -0.25) is 4.79 Å². The molecule has 1 aliphatic rings. The van der Waals surface area contributed by atoms with Gasteiger partial charge in [-0.05, 0) is 73.0 Å². The lowest BCUT2D eigenvalue weighted by Gasteiger charge is -2.28. The van der Waals surface area contributed by atoms with Crippen LogP contribution in [0.1, 0.15) is 19.3 Å². The molecule has 7 nitrogen and oxygen atoms in total. The fourth-order valence-electron chi connectivity index (χ4n) is 3.26. The zero-order valence-corrected chi connectivity index (χ0v) is 15.4. The topological polar surface area (TPSA) is 75.9 Å². The predicted octanol–water partition coefficient (Wildman–Crippen LogP) is 3.11. The number of nitrogens with one attached hydrogen (secondary N) is 1. The number of piperidine rings is 1. The van der Waals surface area contributed by atoms with Gasteiger partial charge >= 0.3 is 0 Å². The summed E-state index contributed by atoms with van der Waals surface area (Å²) in [6.07, 6.45) is 3.75. The maximum absolute atomic E-state index is 13.0. The predicted molar refractivity (Wildman–Crippen MR) is 104 cm³/mol. The minimum absolute atomic E-state index is 0.0535. The Morgan fingerprint density at radius 3 is 2.43 bits per heavy atom. The van der Waals surface area contributed by atoms with Crippen LogP contribution in [0.5, 0.6) is 0 Å². The van der Waals surface area contributed by atoms with Crippen molar-refractivity contribution in [3.05, 3.63) is 54.3 Å². The maximum Gasteiger partial charge on any atom is 0.248 e. The van der Waals surface area contributed by atoms with Crippen molar-refractivity contribution < 1.29 is 9.18 Å². The van der Waals surface area contributed by atoms with E-state index in [0.29, 0.717) is 11.4 Å². The number of amides is 1. The Labute approximate surface area is 162 Å². The Hall–Kier alpha value is -3.29. The van der Waals surface area contributed by atoms with Gasteiger partial charge in [0.15, 0.2) is 0 Å². The summed E-state index contributed by atoms with van der Waals surface area (Å²) in [5.41, 5.74) is 2.55. The Balaban J connectivity index is 1.35. The highest BCUT2D eigenvalue weighted by molar-refractivity contribution is 5.90. The van der Waals surface area contributed by atoms with Crippen molar-refractivity contribution in [2.75, 3.05) is 23.3 Å². The number of hydrogen-bond donors (Lipinski definition) is 1. The normalized spacial score (nSPS) is 14.1. The number of carbonyl (C=O) groups is 1. The highest BCUT2D eigenvalue weighted by Crippen LogP contribution is 2.21. The lowest BCUT2D eigenvalue weighted by molar-refractivity contribution is -0.117. The Bertz CT molecular complexity index is 932. The van der Waals surface area contributed by atoms with Gasteiger partial charge in [-0.2, -0.15) is 4.80 Å². The standard InChI is InChI=1S/C20H21FN6O/c21-16-6-4-15(5-7-16)20-23-25-27(24-20)14-19(28)22-17-8-10-18(11-9-17)26-12-2-1-3-13-26/h4-11H,1-3,12-14H2,(H,22,28). The van der Waals surface area contributed by atoms with Crippen LogP contribution in [0.15, 0.2) is 48.5 Å². The largest absolute Gasteiger partial charge is 0.372 e. The number of carbonyl (C=O) groups excluding carboxylic acids is 1. The number of benzene rings is 2. The van der Waals surface area contributed by atoms with Gasteiger partial charge in [0.1, 0.15) is 12.4 Å². The molecule has 2 aromatic carbocycles. The van der Waals surface area contributed by atoms with E-state index in [0.717, 1.165) is 18.8 Å². The second kappa shape index (κ2) is 8.16. The van der Waals surface area contributed by atoms with Crippen molar-refractivity contribution >= 4 is 17.3 Å². The first-order chi connectivity index (χ1) is 13.7. The second-order valence-corrected chi connectivity index (χ2v) is 6.79. The molecule has 3 aromatic rings. The van der Waals surface area contributed by atoms with Crippen LogP contribution in [0.3, 0.4) is 0 Å². The van der Waals surface area contributed by atoms with Gasteiger partial charge in [-0.15, -0.1) is 10.2 Å². The Morgan fingerprint density at radius 2 is 1.71 bits per heavy atom.